The van der Waals surface area contributed by atoms with Crippen molar-refractivity contribution < 1.29 is 23.8 Å². The van der Waals surface area contributed by atoms with Crippen molar-refractivity contribution in [2.75, 3.05) is 20.8 Å². The quantitative estimate of drug-likeness (QED) is 0.425. The van der Waals surface area contributed by atoms with Gasteiger partial charge >= 0.3 is 11.9 Å². The molecule has 0 saturated carbocycles. The molecule has 0 atom stereocenters. The van der Waals surface area contributed by atoms with E-state index < -0.39 is 0 Å². The number of carbonyl (C=O) groups is 2. The highest BCUT2D eigenvalue weighted by Crippen LogP contribution is 2.21. The van der Waals surface area contributed by atoms with Gasteiger partial charge in [-0.3, -0.25) is 0 Å². The SMILES string of the molecule is COC(=O)c1ccc(COCCc2ccc(Br)c(C(=O)OC)c2)cc1Br. The van der Waals surface area contributed by atoms with Crippen LogP contribution in [0.25, 0.3) is 0 Å². The number of esters is 2. The predicted molar refractivity (Wildman–Crippen MR) is 104 cm³/mol. The first kappa shape index (κ1) is 20.6. The first-order valence-corrected chi connectivity index (χ1v) is 9.36. The van der Waals surface area contributed by atoms with Gasteiger partial charge in [0.25, 0.3) is 0 Å². The average molecular weight is 486 g/mol. The van der Waals surface area contributed by atoms with Crippen LogP contribution in [0.3, 0.4) is 0 Å². The summed E-state index contributed by atoms with van der Waals surface area (Å²) in [7, 11) is 2.70. The van der Waals surface area contributed by atoms with Gasteiger partial charge in [-0.05, 0) is 73.7 Å². The highest BCUT2D eigenvalue weighted by molar-refractivity contribution is 9.10. The minimum absolute atomic E-state index is 0.379. The maximum absolute atomic E-state index is 11.7. The Morgan fingerprint density at radius 3 is 2.15 bits per heavy atom. The summed E-state index contributed by atoms with van der Waals surface area (Å²) in [6.45, 7) is 0.916. The van der Waals surface area contributed by atoms with E-state index in [4.69, 9.17) is 14.2 Å². The number of halogens is 2. The minimum Gasteiger partial charge on any atom is -0.465 e. The van der Waals surface area contributed by atoms with Crippen LogP contribution in [0.2, 0.25) is 0 Å². The lowest BCUT2D eigenvalue weighted by Crippen LogP contribution is -2.05. The van der Waals surface area contributed by atoms with Crippen LogP contribution < -0.4 is 0 Å². The van der Waals surface area contributed by atoms with Crippen molar-refractivity contribution in [2.24, 2.45) is 0 Å². The van der Waals surface area contributed by atoms with Crippen LogP contribution in [-0.4, -0.2) is 32.8 Å². The van der Waals surface area contributed by atoms with Crippen molar-refractivity contribution in [3.05, 3.63) is 67.6 Å². The zero-order valence-corrected chi connectivity index (χ0v) is 17.6. The summed E-state index contributed by atoms with van der Waals surface area (Å²) in [5.74, 6) is -0.767. The maximum atomic E-state index is 11.7. The molecule has 138 valence electrons. The fourth-order valence-electron chi connectivity index (χ4n) is 2.30. The number of methoxy groups -OCH3 is 2. The second-order valence-corrected chi connectivity index (χ2v) is 7.12. The van der Waals surface area contributed by atoms with E-state index in [1.165, 1.54) is 14.2 Å². The Balaban J connectivity index is 1.90. The van der Waals surface area contributed by atoms with E-state index in [1.54, 1.807) is 12.1 Å². The predicted octanol–water partition coefficient (Wildman–Crippen LogP) is 4.54. The van der Waals surface area contributed by atoms with Gasteiger partial charge in [-0.1, -0.05) is 12.1 Å². The first-order valence-electron chi connectivity index (χ1n) is 7.77. The van der Waals surface area contributed by atoms with E-state index >= 15 is 0 Å². The molecule has 0 aliphatic rings. The molecule has 0 N–H and O–H groups in total. The van der Waals surface area contributed by atoms with Crippen molar-refractivity contribution in [1.29, 1.82) is 0 Å². The summed E-state index contributed by atoms with van der Waals surface area (Å²) in [5, 5.41) is 0. The lowest BCUT2D eigenvalue weighted by molar-refractivity contribution is 0.0590. The Bertz CT molecular complexity index is 805. The zero-order chi connectivity index (χ0) is 19.1. The van der Waals surface area contributed by atoms with Gasteiger partial charge in [-0.2, -0.15) is 0 Å². The number of ether oxygens (including phenoxy) is 3. The molecule has 5 nitrogen and oxygen atoms in total. The smallest absolute Gasteiger partial charge is 0.339 e. The fraction of sp³-hybridized carbons (Fsp3) is 0.263. The number of hydrogen-bond acceptors (Lipinski definition) is 5. The molecule has 0 spiro atoms. The van der Waals surface area contributed by atoms with Crippen LogP contribution in [0.1, 0.15) is 31.8 Å². The van der Waals surface area contributed by atoms with E-state index in [2.05, 4.69) is 31.9 Å². The van der Waals surface area contributed by atoms with E-state index in [-0.39, 0.29) is 11.9 Å². The van der Waals surface area contributed by atoms with E-state index in [0.29, 0.717) is 39.7 Å². The van der Waals surface area contributed by atoms with Crippen LogP contribution in [0, 0.1) is 0 Å². The fourth-order valence-corrected chi connectivity index (χ4v) is 3.29. The van der Waals surface area contributed by atoms with Crippen molar-refractivity contribution in [1.82, 2.24) is 0 Å². The van der Waals surface area contributed by atoms with Crippen LogP contribution >= 0.6 is 31.9 Å². The topological polar surface area (TPSA) is 61.8 Å². The second-order valence-electron chi connectivity index (χ2n) is 5.41. The normalized spacial score (nSPS) is 10.5. The number of carbonyl (C=O) groups excluding carboxylic acids is 2. The Morgan fingerprint density at radius 2 is 1.50 bits per heavy atom. The van der Waals surface area contributed by atoms with E-state index in [0.717, 1.165) is 11.1 Å². The van der Waals surface area contributed by atoms with Crippen molar-refractivity contribution in [3.8, 4) is 0 Å². The van der Waals surface area contributed by atoms with E-state index in [9.17, 15) is 9.59 Å². The van der Waals surface area contributed by atoms with Gasteiger partial charge in [-0.15, -0.1) is 0 Å². The molecule has 0 aromatic heterocycles. The monoisotopic (exact) mass is 484 g/mol. The Hall–Kier alpha value is -1.70. The molecule has 0 heterocycles. The molecule has 0 aliphatic carbocycles. The third-order valence-electron chi connectivity index (χ3n) is 3.68. The largest absolute Gasteiger partial charge is 0.465 e. The summed E-state index contributed by atoms with van der Waals surface area (Å²) in [6, 6.07) is 10.9. The maximum Gasteiger partial charge on any atom is 0.339 e. The summed E-state index contributed by atoms with van der Waals surface area (Å²) in [6.07, 6.45) is 0.665. The second kappa shape index (κ2) is 9.85. The van der Waals surface area contributed by atoms with Crippen LogP contribution in [0.4, 0.5) is 0 Å². The minimum atomic E-state index is -0.388. The van der Waals surface area contributed by atoms with Crippen molar-refractivity contribution in [2.45, 2.75) is 13.0 Å². The number of rotatable bonds is 7. The van der Waals surface area contributed by atoms with E-state index in [1.807, 2.05) is 24.3 Å². The van der Waals surface area contributed by atoms with Crippen LogP contribution in [-0.2, 0) is 27.2 Å². The molecule has 2 aromatic rings. The molecule has 0 fully saturated rings. The van der Waals surface area contributed by atoms with Gasteiger partial charge in [0, 0.05) is 8.95 Å². The molecule has 7 heteroatoms. The summed E-state index contributed by atoms with van der Waals surface area (Å²) in [4.78, 5) is 23.3. The van der Waals surface area contributed by atoms with Gasteiger partial charge in [0.1, 0.15) is 0 Å². The van der Waals surface area contributed by atoms with Gasteiger partial charge < -0.3 is 14.2 Å². The number of hydrogen-bond donors (Lipinski definition) is 0. The van der Waals surface area contributed by atoms with Crippen LogP contribution in [0.15, 0.2) is 45.3 Å². The first-order chi connectivity index (χ1) is 12.5. The molecular formula is C19H18Br2O5. The average Bonchev–Trinajstić information content (AvgIpc) is 2.65. The lowest BCUT2D eigenvalue weighted by atomic mass is 10.1. The zero-order valence-electron chi connectivity index (χ0n) is 14.4. The van der Waals surface area contributed by atoms with Gasteiger partial charge in [0.05, 0.1) is 38.6 Å². The Kier molecular flexibility index (Phi) is 7.81. The van der Waals surface area contributed by atoms with Gasteiger partial charge in [-0.25, -0.2) is 9.59 Å². The Morgan fingerprint density at radius 1 is 0.846 bits per heavy atom. The summed E-state index contributed by atoms with van der Waals surface area (Å²) < 4.78 is 16.5. The molecule has 26 heavy (non-hydrogen) atoms. The molecule has 2 aromatic carbocycles. The molecule has 0 unspecified atom stereocenters. The molecule has 0 aliphatic heterocycles. The number of benzene rings is 2. The summed E-state index contributed by atoms with van der Waals surface area (Å²) >= 11 is 6.71. The van der Waals surface area contributed by atoms with Crippen LogP contribution in [0.5, 0.6) is 0 Å². The molecule has 0 amide bonds. The highest BCUT2D eigenvalue weighted by Gasteiger charge is 2.12. The van der Waals surface area contributed by atoms with Gasteiger partial charge in [0.15, 0.2) is 0 Å². The Labute approximate surface area is 168 Å². The summed E-state index contributed by atoms with van der Waals surface area (Å²) in [5.41, 5.74) is 2.89. The highest BCUT2D eigenvalue weighted by atomic mass is 79.9. The third kappa shape index (κ3) is 5.40. The molecule has 2 rings (SSSR count). The van der Waals surface area contributed by atoms with Crippen molar-refractivity contribution in [3.63, 3.8) is 0 Å². The molecule has 0 saturated heterocycles. The molecule has 0 bridgehead atoms. The molecular weight excluding hydrogens is 468 g/mol. The lowest BCUT2D eigenvalue weighted by Gasteiger charge is -2.09. The molecule has 0 radical (unpaired) electrons. The van der Waals surface area contributed by atoms with Crippen molar-refractivity contribution >= 4 is 43.8 Å². The third-order valence-corrected chi connectivity index (χ3v) is 5.03. The standard InChI is InChI=1S/C19H18Br2O5/c1-24-18(22)14-5-3-13(10-17(14)21)11-26-8-7-12-4-6-16(20)15(9-12)19(23)25-2/h3-6,9-10H,7-8,11H2,1-2H3. The van der Waals surface area contributed by atoms with Gasteiger partial charge in [0.2, 0.25) is 0 Å².